The van der Waals surface area contributed by atoms with Gasteiger partial charge in [-0.15, -0.1) is 0 Å². The molecule has 2 saturated heterocycles. The zero-order chi connectivity index (χ0) is 17.2. The van der Waals surface area contributed by atoms with E-state index in [9.17, 15) is 4.79 Å². The van der Waals surface area contributed by atoms with Crippen LogP contribution in [0.15, 0.2) is 0 Å². The molecule has 0 unspecified atom stereocenters. The Bertz CT molecular complexity index is 357. The maximum atomic E-state index is 12.4. The van der Waals surface area contributed by atoms with Crippen molar-refractivity contribution in [2.75, 3.05) is 52.4 Å². The molecule has 0 aromatic rings. The van der Waals surface area contributed by atoms with Crippen LogP contribution in [0.2, 0.25) is 0 Å². The quantitative estimate of drug-likeness (QED) is 0.702. The first-order valence-electron chi connectivity index (χ1n) is 10.2. The molecule has 1 N–H and O–H groups in total. The van der Waals surface area contributed by atoms with Crippen LogP contribution in [-0.4, -0.2) is 79.1 Å². The van der Waals surface area contributed by atoms with Gasteiger partial charge >= 0.3 is 6.03 Å². The van der Waals surface area contributed by atoms with Crippen molar-refractivity contribution in [3.63, 3.8) is 0 Å². The minimum Gasteiger partial charge on any atom is -0.337 e. The highest BCUT2D eigenvalue weighted by Crippen LogP contribution is 2.18. The van der Waals surface area contributed by atoms with Gasteiger partial charge in [0.1, 0.15) is 0 Å². The predicted octanol–water partition coefficient (Wildman–Crippen LogP) is 2.77. The molecule has 2 aliphatic heterocycles. The number of piperidine rings is 1. The lowest BCUT2D eigenvalue weighted by Gasteiger charge is -2.35. The molecule has 2 rings (SSSR count). The van der Waals surface area contributed by atoms with Crippen molar-refractivity contribution >= 4 is 6.03 Å². The van der Waals surface area contributed by atoms with Crippen LogP contribution < -0.4 is 5.32 Å². The van der Waals surface area contributed by atoms with Gasteiger partial charge in [0.05, 0.1) is 0 Å². The summed E-state index contributed by atoms with van der Waals surface area (Å²) in [7, 11) is 0. The fourth-order valence-electron chi connectivity index (χ4n) is 4.13. The van der Waals surface area contributed by atoms with Gasteiger partial charge in [-0.3, -0.25) is 4.90 Å². The Hall–Kier alpha value is -0.810. The number of hydrogen-bond acceptors (Lipinski definition) is 3. The summed E-state index contributed by atoms with van der Waals surface area (Å²) in [4.78, 5) is 19.4. The van der Waals surface area contributed by atoms with Crippen molar-refractivity contribution in [3.8, 4) is 0 Å². The van der Waals surface area contributed by atoms with E-state index >= 15 is 0 Å². The average Bonchev–Trinajstić information content (AvgIpc) is 3.12. The highest BCUT2D eigenvalue weighted by molar-refractivity contribution is 5.74. The van der Waals surface area contributed by atoms with E-state index in [2.05, 4.69) is 29.0 Å². The van der Waals surface area contributed by atoms with Gasteiger partial charge < -0.3 is 15.1 Å². The molecule has 0 spiro atoms. The van der Waals surface area contributed by atoms with Crippen molar-refractivity contribution in [3.05, 3.63) is 0 Å². The molecule has 0 saturated carbocycles. The maximum absolute atomic E-state index is 12.4. The van der Waals surface area contributed by atoms with Crippen molar-refractivity contribution in [2.45, 2.75) is 64.8 Å². The van der Waals surface area contributed by atoms with Gasteiger partial charge in [-0.2, -0.15) is 0 Å². The number of nitrogens with zero attached hydrogens (tertiary/aromatic N) is 3. The van der Waals surface area contributed by atoms with Gasteiger partial charge in [-0.1, -0.05) is 13.3 Å². The summed E-state index contributed by atoms with van der Waals surface area (Å²) in [5.74, 6) is 0. The van der Waals surface area contributed by atoms with Crippen molar-refractivity contribution in [1.29, 1.82) is 0 Å². The molecule has 0 aromatic heterocycles. The zero-order valence-corrected chi connectivity index (χ0v) is 15.9. The van der Waals surface area contributed by atoms with E-state index in [1.807, 2.05) is 4.90 Å². The van der Waals surface area contributed by atoms with E-state index < -0.39 is 0 Å². The van der Waals surface area contributed by atoms with Gasteiger partial charge in [0.2, 0.25) is 0 Å². The highest BCUT2D eigenvalue weighted by Gasteiger charge is 2.20. The minimum atomic E-state index is 0.115. The molecule has 0 radical (unpaired) electrons. The summed E-state index contributed by atoms with van der Waals surface area (Å²) in [5, 5.41) is 3.14. The summed E-state index contributed by atoms with van der Waals surface area (Å²) < 4.78 is 0. The Morgan fingerprint density at radius 1 is 1.08 bits per heavy atom. The number of nitrogens with one attached hydrogen (secondary N) is 1. The van der Waals surface area contributed by atoms with E-state index in [-0.39, 0.29) is 6.03 Å². The molecule has 0 aromatic carbocycles. The number of urea groups is 1. The number of hydrogen-bond donors (Lipinski definition) is 1. The molecule has 0 aliphatic carbocycles. The predicted molar refractivity (Wildman–Crippen MR) is 100 cm³/mol. The first-order chi connectivity index (χ1) is 11.7. The standard InChI is InChI=1S/C19H38N4O/c1-3-18-10-5-6-15-23(18)17-11-20-19(24)22(4-2)16-9-14-21-12-7-8-13-21/h18H,3-17H2,1-2H3,(H,20,24)/t18-/m0/s1. The molecule has 0 bridgehead atoms. The fourth-order valence-corrected chi connectivity index (χ4v) is 4.13. The van der Waals surface area contributed by atoms with E-state index in [4.69, 9.17) is 0 Å². The van der Waals surface area contributed by atoms with Crippen LogP contribution in [0.25, 0.3) is 0 Å². The Morgan fingerprint density at radius 2 is 1.83 bits per heavy atom. The lowest BCUT2D eigenvalue weighted by Crippen LogP contribution is -2.46. The number of rotatable bonds is 9. The summed E-state index contributed by atoms with van der Waals surface area (Å²) in [6, 6.07) is 0.836. The van der Waals surface area contributed by atoms with Gasteiger partial charge in [0, 0.05) is 32.2 Å². The average molecular weight is 339 g/mol. The van der Waals surface area contributed by atoms with E-state index in [1.165, 1.54) is 58.2 Å². The fraction of sp³-hybridized carbons (Fsp3) is 0.947. The first-order valence-corrected chi connectivity index (χ1v) is 10.2. The van der Waals surface area contributed by atoms with Crippen molar-refractivity contribution < 1.29 is 4.79 Å². The second kappa shape index (κ2) is 10.9. The maximum Gasteiger partial charge on any atom is 0.317 e. The summed E-state index contributed by atoms with van der Waals surface area (Å²) in [6.07, 6.45) is 8.99. The highest BCUT2D eigenvalue weighted by atomic mass is 16.2. The third-order valence-electron chi connectivity index (χ3n) is 5.67. The molecular formula is C19H38N4O. The number of carbonyl (C=O) groups excluding carboxylic acids is 1. The van der Waals surface area contributed by atoms with E-state index in [1.54, 1.807) is 0 Å². The number of amides is 2. The lowest BCUT2D eigenvalue weighted by atomic mass is 10.0. The minimum absolute atomic E-state index is 0.115. The number of likely N-dealkylation sites (tertiary alicyclic amines) is 2. The summed E-state index contributed by atoms with van der Waals surface area (Å²) in [5.41, 5.74) is 0. The SMILES string of the molecule is CC[C@H]1CCCCN1CCNC(=O)N(CC)CCCN1CCCC1. The largest absolute Gasteiger partial charge is 0.337 e. The third-order valence-corrected chi connectivity index (χ3v) is 5.67. The van der Waals surface area contributed by atoms with Crippen LogP contribution in [0.3, 0.4) is 0 Å². The second-order valence-corrected chi connectivity index (χ2v) is 7.31. The molecule has 140 valence electrons. The Morgan fingerprint density at radius 3 is 2.54 bits per heavy atom. The number of carbonyl (C=O) groups is 1. The van der Waals surface area contributed by atoms with Crippen LogP contribution in [0.5, 0.6) is 0 Å². The Kier molecular flexibility index (Phi) is 8.89. The van der Waals surface area contributed by atoms with Crippen LogP contribution in [0, 0.1) is 0 Å². The van der Waals surface area contributed by atoms with Gasteiger partial charge in [0.15, 0.2) is 0 Å². The summed E-state index contributed by atoms with van der Waals surface area (Å²) in [6.45, 7) is 12.6. The Labute approximate surface area is 148 Å². The topological polar surface area (TPSA) is 38.8 Å². The lowest BCUT2D eigenvalue weighted by molar-refractivity contribution is 0.143. The second-order valence-electron chi connectivity index (χ2n) is 7.31. The molecule has 2 heterocycles. The molecular weight excluding hydrogens is 300 g/mol. The van der Waals surface area contributed by atoms with Crippen LogP contribution in [0.1, 0.15) is 58.8 Å². The van der Waals surface area contributed by atoms with Gasteiger partial charge in [-0.25, -0.2) is 4.79 Å². The van der Waals surface area contributed by atoms with Crippen LogP contribution in [-0.2, 0) is 0 Å². The van der Waals surface area contributed by atoms with Gasteiger partial charge in [-0.05, 0) is 71.6 Å². The Balaban J connectivity index is 1.61. The third kappa shape index (κ3) is 6.25. The molecule has 2 fully saturated rings. The molecule has 5 nitrogen and oxygen atoms in total. The molecule has 2 aliphatic rings. The van der Waals surface area contributed by atoms with Crippen molar-refractivity contribution in [1.82, 2.24) is 20.0 Å². The van der Waals surface area contributed by atoms with Crippen LogP contribution in [0.4, 0.5) is 4.79 Å². The monoisotopic (exact) mass is 338 g/mol. The van der Waals surface area contributed by atoms with E-state index in [0.717, 1.165) is 45.2 Å². The van der Waals surface area contributed by atoms with Crippen molar-refractivity contribution in [2.24, 2.45) is 0 Å². The van der Waals surface area contributed by atoms with E-state index in [0.29, 0.717) is 0 Å². The molecule has 5 heteroatoms. The molecule has 2 amide bonds. The normalized spacial score (nSPS) is 22.7. The molecule has 1 atom stereocenters. The van der Waals surface area contributed by atoms with Gasteiger partial charge in [0.25, 0.3) is 0 Å². The molecule has 24 heavy (non-hydrogen) atoms. The van der Waals surface area contributed by atoms with Crippen LogP contribution >= 0.6 is 0 Å². The smallest absolute Gasteiger partial charge is 0.317 e. The summed E-state index contributed by atoms with van der Waals surface area (Å²) >= 11 is 0. The first kappa shape index (κ1) is 19.5. The zero-order valence-electron chi connectivity index (χ0n) is 15.9.